The second-order valence-corrected chi connectivity index (χ2v) is 7.42. The van der Waals surface area contributed by atoms with Crippen molar-refractivity contribution in [1.82, 2.24) is 4.98 Å². The van der Waals surface area contributed by atoms with Gasteiger partial charge in [-0.2, -0.15) is 0 Å². The van der Waals surface area contributed by atoms with Gasteiger partial charge in [0, 0.05) is 24.5 Å². The average Bonchev–Trinajstić information content (AvgIpc) is 3.20. The number of benzene rings is 1. The van der Waals surface area contributed by atoms with Gasteiger partial charge in [0.1, 0.15) is 0 Å². The molecule has 1 aromatic heterocycles. The maximum atomic E-state index is 12.3. The highest BCUT2D eigenvalue weighted by Crippen LogP contribution is 2.49. The molecule has 1 N–H and O–H groups in total. The van der Waals surface area contributed by atoms with Crippen molar-refractivity contribution in [2.75, 3.05) is 5.32 Å². The number of hydrogen-bond donors (Lipinski definition) is 1. The summed E-state index contributed by atoms with van der Waals surface area (Å²) in [6.07, 6.45) is 10.6. The van der Waals surface area contributed by atoms with Crippen molar-refractivity contribution < 1.29 is 4.79 Å². The predicted octanol–water partition coefficient (Wildman–Crippen LogP) is 4.44. The average molecular weight is 320 g/mol. The molecule has 0 unspecified atom stereocenters. The van der Waals surface area contributed by atoms with Gasteiger partial charge < -0.3 is 5.32 Å². The van der Waals surface area contributed by atoms with E-state index in [1.165, 1.54) is 36.8 Å². The Balaban J connectivity index is 1.31. The summed E-state index contributed by atoms with van der Waals surface area (Å²) in [7, 11) is 0. The third-order valence-electron chi connectivity index (χ3n) is 5.73. The fraction of sp³-hybridized carbons (Fsp3) is 0.429. The van der Waals surface area contributed by atoms with E-state index in [4.69, 9.17) is 0 Å². The Labute approximate surface area is 143 Å². The molecule has 2 bridgehead atoms. The number of pyridine rings is 1. The summed E-state index contributed by atoms with van der Waals surface area (Å²) < 4.78 is 0. The van der Waals surface area contributed by atoms with E-state index < -0.39 is 0 Å². The van der Waals surface area contributed by atoms with Gasteiger partial charge in [0.05, 0.1) is 0 Å². The van der Waals surface area contributed by atoms with E-state index in [0.717, 1.165) is 23.9 Å². The topological polar surface area (TPSA) is 42.0 Å². The van der Waals surface area contributed by atoms with Gasteiger partial charge in [0.2, 0.25) is 5.91 Å². The Morgan fingerprint density at radius 3 is 2.42 bits per heavy atom. The molecular formula is C21H24N2O. The van der Waals surface area contributed by atoms with Crippen LogP contribution in [0.2, 0.25) is 0 Å². The number of nitrogens with zero attached hydrogens (tertiary/aromatic N) is 1. The number of rotatable bonds is 5. The molecule has 0 saturated heterocycles. The van der Waals surface area contributed by atoms with Gasteiger partial charge in [0.15, 0.2) is 0 Å². The number of hydrogen-bond acceptors (Lipinski definition) is 2. The molecule has 4 rings (SSSR count). The van der Waals surface area contributed by atoms with Crippen LogP contribution in [0.3, 0.4) is 0 Å². The van der Waals surface area contributed by atoms with Crippen LogP contribution in [-0.4, -0.2) is 10.9 Å². The summed E-state index contributed by atoms with van der Waals surface area (Å²) in [4.78, 5) is 16.3. The minimum absolute atomic E-state index is 0.175. The quantitative estimate of drug-likeness (QED) is 0.885. The first-order valence-electron chi connectivity index (χ1n) is 9.04. The largest absolute Gasteiger partial charge is 0.326 e. The minimum Gasteiger partial charge on any atom is -0.326 e. The highest BCUT2D eigenvalue weighted by atomic mass is 16.1. The summed E-state index contributed by atoms with van der Waals surface area (Å²) in [6, 6.07) is 12.3. The summed E-state index contributed by atoms with van der Waals surface area (Å²) >= 11 is 0. The van der Waals surface area contributed by atoms with E-state index in [-0.39, 0.29) is 5.91 Å². The van der Waals surface area contributed by atoms with Crippen LogP contribution >= 0.6 is 0 Å². The molecule has 3 nitrogen and oxygen atoms in total. The summed E-state index contributed by atoms with van der Waals surface area (Å²) in [5.74, 6) is 2.51. The van der Waals surface area contributed by atoms with Gasteiger partial charge in [-0.1, -0.05) is 18.6 Å². The predicted molar refractivity (Wildman–Crippen MR) is 95.7 cm³/mol. The molecule has 2 aromatic rings. The lowest BCUT2D eigenvalue weighted by Gasteiger charge is -2.20. The molecule has 0 radical (unpaired) electrons. The summed E-state index contributed by atoms with van der Waals surface area (Å²) in [5.41, 5.74) is 3.40. The molecule has 2 aliphatic carbocycles. The van der Waals surface area contributed by atoms with E-state index in [2.05, 4.69) is 22.4 Å². The Hall–Kier alpha value is -2.16. The molecule has 0 aliphatic heterocycles. The third kappa shape index (κ3) is 3.50. The van der Waals surface area contributed by atoms with Gasteiger partial charge in [0.25, 0.3) is 0 Å². The number of carbonyl (C=O) groups excluding carboxylic acids is 1. The van der Waals surface area contributed by atoms with Gasteiger partial charge in [-0.3, -0.25) is 9.78 Å². The van der Waals surface area contributed by atoms with Gasteiger partial charge in [-0.15, -0.1) is 0 Å². The van der Waals surface area contributed by atoms with Crippen molar-refractivity contribution in [3.8, 4) is 0 Å². The summed E-state index contributed by atoms with van der Waals surface area (Å²) in [5, 5.41) is 3.07. The lowest BCUT2D eigenvalue weighted by Crippen LogP contribution is -2.20. The van der Waals surface area contributed by atoms with Crippen molar-refractivity contribution in [3.05, 3.63) is 59.9 Å². The molecule has 3 heteroatoms. The first-order chi connectivity index (χ1) is 11.8. The molecular weight excluding hydrogens is 296 g/mol. The summed E-state index contributed by atoms with van der Waals surface area (Å²) in [6.45, 7) is 0. The number of fused-ring (bicyclic) bond motifs is 2. The van der Waals surface area contributed by atoms with E-state index >= 15 is 0 Å². The lowest BCUT2D eigenvalue weighted by atomic mass is 9.86. The lowest BCUT2D eigenvalue weighted by molar-refractivity contribution is -0.117. The number of nitrogens with one attached hydrogen (secondary N) is 1. The van der Waals surface area contributed by atoms with Crippen LogP contribution in [0.5, 0.6) is 0 Å². The molecule has 1 aromatic carbocycles. The molecule has 2 saturated carbocycles. The molecule has 3 atom stereocenters. The Morgan fingerprint density at radius 1 is 1.00 bits per heavy atom. The van der Waals surface area contributed by atoms with Crippen LogP contribution < -0.4 is 5.32 Å². The normalized spacial score (nSPS) is 24.9. The second-order valence-electron chi connectivity index (χ2n) is 7.42. The SMILES string of the molecule is O=C(C[C@H]1C[C@H]2CC[C@H]1C2)Nc1ccc(Cc2ccncc2)cc1. The first-order valence-corrected chi connectivity index (χ1v) is 9.04. The molecule has 0 spiro atoms. The van der Waals surface area contributed by atoms with Crippen LogP contribution in [0.4, 0.5) is 5.69 Å². The fourth-order valence-electron chi connectivity index (χ4n) is 4.52. The molecule has 1 amide bonds. The van der Waals surface area contributed by atoms with Crippen LogP contribution in [0.15, 0.2) is 48.8 Å². The number of amides is 1. The molecule has 124 valence electrons. The molecule has 1 heterocycles. The molecule has 24 heavy (non-hydrogen) atoms. The van der Waals surface area contributed by atoms with E-state index in [1.807, 2.05) is 36.7 Å². The highest BCUT2D eigenvalue weighted by molar-refractivity contribution is 5.90. The second kappa shape index (κ2) is 6.76. The van der Waals surface area contributed by atoms with Crippen molar-refractivity contribution in [2.45, 2.75) is 38.5 Å². The van der Waals surface area contributed by atoms with Crippen LogP contribution in [0.1, 0.15) is 43.2 Å². The highest BCUT2D eigenvalue weighted by Gasteiger charge is 2.40. The van der Waals surface area contributed by atoms with Crippen molar-refractivity contribution >= 4 is 11.6 Å². The standard InChI is InChI=1S/C21H24N2O/c24-21(14-19-13-17-1-4-18(19)12-17)23-20-5-2-15(3-6-20)11-16-7-9-22-10-8-16/h2-3,5-10,17-19H,1,4,11-14H2,(H,23,24)/t17-,18-,19+/m0/s1. The van der Waals surface area contributed by atoms with Gasteiger partial charge in [-0.05, 0) is 78.8 Å². The maximum absolute atomic E-state index is 12.3. The number of carbonyl (C=O) groups is 1. The zero-order valence-electron chi connectivity index (χ0n) is 13.9. The zero-order chi connectivity index (χ0) is 16.4. The Bertz CT molecular complexity index is 696. The van der Waals surface area contributed by atoms with Crippen LogP contribution in [0.25, 0.3) is 0 Å². The van der Waals surface area contributed by atoms with E-state index in [0.29, 0.717) is 12.3 Å². The smallest absolute Gasteiger partial charge is 0.224 e. The Kier molecular flexibility index (Phi) is 4.33. The Morgan fingerprint density at radius 2 is 1.75 bits per heavy atom. The van der Waals surface area contributed by atoms with E-state index in [1.54, 1.807) is 0 Å². The van der Waals surface area contributed by atoms with Gasteiger partial charge in [-0.25, -0.2) is 0 Å². The molecule has 2 fully saturated rings. The first kappa shape index (κ1) is 15.4. The van der Waals surface area contributed by atoms with Crippen LogP contribution in [0, 0.1) is 17.8 Å². The van der Waals surface area contributed by atoms with Crippen molar-refractivity contribution in [3.63, 3.8) is 0 Å². The number of aromatic nitrogens is 1. The van der Waals surface area contributed by atoms with Crippen LogP contribution in [-0.2, 0) is 11.2 Å². The number of anilines is 1. The van der Waals surface area contributed by atoms with Crippen molar-refractivity contribution in [2.24, 2.45) is 17.8 Å². The maximum Gasteiger partial charge on any atom is 0.224 e. The minimum atomic E-state index is 0.175. The van der Waals surface area contributed by atoms with Gasteiger partial charge >= 0.3 is 0 Å². The van der Waals surface area contributed by atoms with E-state index in [9.17, 15) is 4.79 Å². The third-order valence-corrected chi connectivity index (χ3v) is 5.73. The fourth-order valence-corrected chi connectivity index (χ4v) is 4.52. The van der Waals surface area contributed by atoms with Crippen molar-refractivity contribution in [1.29, 1.82) is 0 Å². The molecule has 2 aliphatic rings. The zero-order valence-corrected chi connectivity index (χ0v) is 13.9. The monoisotopic (exact) mass is 320 g/mol.